The van der Waals surface area contributed by atoms with E-state index in [-0.39, 0.29) is 11.6 Å². The van der Waals surface area contributed by atoms with E-state index in [2.05, 4.69) is 10.9 Å². The van der Waals surface area contributed by atoms with Crippen molar-refractivity contribution in [3.05, 3.63) is 90.2 Å². The van der Waals surface area contributed by atoms with E-state index in [1.165, 1.54) is 6.07 Å². The molecule has 0 amide bonds. The van der Waals surface area contributed by atoms with Gasteiger partial charge in [0, 0.05) is 12.2 Å². The van der Waals surface area contributed by atoms with Gasteiger partial charge in [-0.3, -0.25) is 0 Å². The van der Waals surface area contributed by atoms with Gasteiger partial charge in [-0.15, -0.1) is 0 Å². The van der Waals surface area contributed by atoms with Crippen LogP contribution < -0.4 is 15.6 Å². The van der Waals surface area contributed by atoms with Gasteiger partial charge >= 0.3 is 0 Å². The summed E-state index contributed by atoms with van der Waals surface area (Å²) in [5, 5.41) is 0. The van der Waals surface area contributed by atoms with E-state index < -0.39 is 0 Å². The lowest BCUT2D eigenvalue weighted by Gasteiger charge is -2.11. The average molecular weight is 308 g/mol. The van der Waals surface area contributed by atoms with Gasteiger partial charge in [0.15, 0.2) is 11.6 Å². The van der Waals surface area contributed by atoms with Crippen LogP contribution in [-0.2, 0) is 6.54 Å². The second-order valence-electron chi connectivity index (χ2n) is 5.02. The first kappa shape index (κ1) is 15.1. The highest BCUT2D eigenvalue weighted by Gasteiger charge is 2.06. The van der Waals surface area contributed by atoms with Crippen LogP contribution in [0, 0.1) is 5.82 Å². The molecule has 0 aliphatic heterocycles. The summed E-state index contributed by atoms with van der Waals surface area (Å²) in [6.45, 7) is 0.542. The fraction of sp³-hybridized carbons (Fsp3) is 0.0526. The number of ether oxygens (including phenoxy) is 1. The molecule has 0 unspecified atom stereocenters. The average Bonchev–Trinajstić information content (AvgIpc) is 2.60. The molecule has 23 heavy (non-hydrogen) atoms. The normalized spacial score (nSPS) is 10.3. The van der Waals surface area contributed by atoms with Crippen molar-refractivity contribution in [1.82, 2.24) is 5.43 Å². The monoisotopic (exact) mass is 308 g/mol. The molecule has 0 radical (unpaired) electrons. The summed E-state index contributed by atoms with van der Waals surface area (Å²) < 4.78 is 19.5. The molecule has 4 heteroatoms. The third-order valence-corrected chi connectivity index (χ3v) is 3.27. The maximum absolute atomic E-state index is 13.9. The van der Waals surface area contributed by atoms with Gasteiger partial charge in [-0.1, -0.05) is 42.5 Å². The maximum atomic E-state index is 13.9. The van der Waals surface area contributed by atoms with Crippen LogP contribution in [0.2, 0.25) is 0 Å². The second-order valence-corrected chi connectivity index (χ2v) is 5.02. The molecule has 0 bridgehead atoms. The lowest BCUT2D eigenvalue weighted by atomic mass is 10.2. The number of anilines is 1. The van der Waals surface area contributed by atoms with Crippen molar-refractivity contribution in [2.24, 2.45) is 0 Å². The van der Waals surface area contributed by atoms with Crippen molar-refractivity contribution in [3.63, 3.8) is 0 Å². The van der Waals surface area contributed by atoms with Crippen molar-refractivity contribution < 1.29 is 9.13 Å². The van der Waals surface area contributed by atoms with E-state index in [4.69, 9.17) is 4.74 Å². The molecule has 0 saturated carbocycles. The van der Waals surface area contributed by atoms with Crippen LogP contribution in [0.3, 0.4) is 0 Å². The number of benzene rings is 3. The van der Waals surface area contributed by atoms with E-state index in [1.54, 1.807) is 24.3 Å². The van der Waals surface area contributed by atoms with E-state index in [0.717, 1.165) is 11.3 Å². The van der Waals surface area contributed by atoms with Gasteiger partial charge in [-0.25, -0.2) is 9.82 Å². The molecule has 0 atom stereocenters. The number of hydrazine groups is 1. The van der Waals surface area contributed by atoms with Crippen molar-refractivity contribution in [2.45, 2.75) is 6.54 Å². The van der Waals surface area contributed by atoms with E-state index in [0.29, 0.717) is 12.3 Å². The van der Waals surface area contributed by atoms with E-state index >= 15 is 0 Å². The molecule has 3 nitrogen and oxygen atoms in total. The fourth-order valence-electron chi connectivity index (χ4n) is 2.12. The molecule has 0 saturated heterocycles. The van der Waals surface area contributed by atoms with Crippen LogP contribution in [0.4, 0.5) is 10.1 Å². The Morgan fingerprint density at radius 2 is 1.52 bits per heavy atom. The summed E-state index contributed by atoms with van der Waals surface area (Å²) in [7, 11) is 0. The summed E-state index contributed by atoms with van der Waals surface area (Å²) >= 11 is 0. The first-order valence-electron chi connectivity index (χ1n) is 7.36. The predicted octanol–water partition coefficient (Wildman–Crippen LogP) is 4.73. The zero-order valence-corrected chi connectivity index (χ0v) is 12.5. The standard InChI is InChI=1S/C19H17FN2O/c20-18-12-11-15(14-21-22-16-7-3-1-4-8-16)13-19(18)23-17-9-5-2-6-10-17/h1-13,21-22H,14H2. The molecule has 116 valence electrons. The molecule has 0 spiro atoms. The third-order valence-electron chi connectivity index (χ3n) is 3.27. The minimum atomic E-state index is -0.381. The molecule has 0 aromatic heterocycles. The van der Waals surface area contributed by atoms with Crippen LogP contribution in [0.1, 0.15) is 5.56 Å². The number of nitrogens with one attached hydrogen (secondary N) is 2. The SMILES string of the molecule is Fc1ccc(CNNc2ccccc2)cc1Oc1ccccc1. The molecule has 0 aliphatic rings. The summed E-state index contributed by atoms with van der Waals surface area (Å²) in [5.74, 6) is 0.447. The fourth-order valence-corrected chi connectivity index (χ4v) is 2.12. The Labute approximate surface area is 134 Å². The van der Waals surface area contributed by atoms with Gasteiger partial charge in [0.05, 0.1) is 0 Å². The Balaban J connectivity index is 1.63. The smallest absolute Gasteiger partial charge is 0.165 e. The lowest BCUT2D eigenvalue weighted by molar-refractivity contribution is 0.441. The Bertz CT molecular complexity index is 748. The van der Waals surface area contributed by atoms with Gasteiger partial charge in [-0.05, 0) is 42.0 Å². The highest BCUT2D eigenvalue weighted by Crippen LogP contribution is 2.25. The maximum Gasteiger partial charge on any atom is 0.165 e. The van der Waals surface area contributed by atoms with Crippen molar-refractivity contribution in [2.75, 3.05) is 5.43 Å². The third kappa shape index (κ3) is 4.31. The topological polar surface area (TPSA) is 33.3 Å². The van der Waals surface area contributed by atoms with Crippen molar-refractivity contribution in [1.29, 1.82) is 0 Å². The van der Waals surface area contributed by atoms with Gasteiger partial charge in [-0.2, -0.15) is 0 Å². The molecule has 0 heterocycles. The highest BCUT2D eigenvalue weighted by molar-refractivity contribution is 5.41. The molecule has 3 aromatic rings. The lowest BCUT2D eigenvalue weighted by Crippen LogP contribution is -2.20. The summed E-state index contributed by atoms with van der Waals surface area (Å²) in [4.78, 5) is 0. The van der Waals surface area contributed by atoms with Crippen molar-refractivity contribution >= 4 is 5.69 Å². The Kier molecular flexibility index (Phi) is 4.86. The minimum absolute atomic E-state index is 0.218. The summed E-state index contributed by atoms with van der Waals surface area (Å²) in [6.07, 6.45) is 0. The highest BCUT2D eigenvalue weighted by atomic mass is 19.1. The minimum Gasteiger partial charge on any atom is -0.454 e. The van der Waals surface area contributed by atoms with Gasteiger partial charge in [0.1, 0.15) is 5.75 Å². The molecular formula is C19H17FN2O. The molecular weight excluding hydrogens is 291 g/mol. The number of halogens is 1. The molecule has 3 rings (SSSR count). The van der Waals surface area contributed by atoms with Gasteiger partial charge in [0.2, 0.25) is 0 Å². The van der Waals surface area contributed by atoms with E-state index in [1.807, 2.05) is 48.5 Å². The van der Waals surface area contributed by atoms with Crippen molar-refractivity contribution in [3.8, 4) is 11.5 Å². The van der Waals surface area contributed by atoms with Crippen LogP contribution >= 0.6 is 0 Å². The van der Waals surface area contributed by atoms with Gasteiger partial charge in [0.25, 0.3) is 0 Å². The molecule has 0 aliphatic carbocycles. The largest absolute Gasteiger partial charge is 0.454 e. The first-order valence-corrected chi connectivity index (χ1v) is 7.36. The van der Waals surface area contributed by atoms with Crippen LogP contribution in [0.15, 0.2) is 78.9 Å². The Hall–Kier alpha value is -2.85. The Morgan fingerprint density at radius 3 is 2.26 bits per heavy atom. The zero-order valence-electron chi connectivity index (χ0n) is 12.5. The Morgan fingerprint density at radius 1 is 0.826 bits per heavy atom. The second kappa shape index (κ2) is 7.42. The van der Waals surface area contributed by atoms with Crippen LogP contribution in [0.5, 0.6) is 11.5 Å². The van der Waals surface area contributed by atoms with Crippen LogP contribution in [-0.4, -0.2) is 0 Å². The number of hydrogen-bond acceptors (Lipinski definition) is 3. The van der Waals surface area contributed by atoms with Gasteiger partial charge < -0.3 is 10.2 Å². The predicted molar refractivity (Wildman–Crippen MR) is 89.8 cm³/mol. The number of rotatable bonds is 6. The summed E-state index contributed by atoms with van der Waals surface area (Å²) in [6, 6.07) is 23.8. The molecule has 0 fully saturated rings. The van der Waals surface area contributed by atoms with Crippen LogP contribution in [0.25, 0.3) is 0 Å². The number of para-hydroxylation sites is 2. The first-order chi connectivity index (χ1) is 11.3. The van der Waals surface area contributed by atoms with E-state index in [9.17, 15) is 4.39 Å². The number of hydrogen-bond donors (Lipinski definition) is 2. The molecule has 2 N–H and O–H groups in total. The molecule has 3 aromatic carbocycles. The summed E-state index contributed by atoms with van der Waals surface area (Å²) in [5.41, 5.74) is 8.08. The quantitative estimate of drug-likeness (QED) is 0.646. The zero-order chi connectivity index (χ0) is 15.9.